The molecular formula is C12H15N3OS. The number of nitrogens with one attached hydrogen (secondary N) is 2. The van der Waals surface area contributed by atoms with Crippen molar-refractivity contribution >= 4 is 11.3 Å². The van der Waals surface area contributed by atoms with Gasteiger partial charge in [0.25, 0.3) is 0 Å². The molecule has 0 bridgehead atoms. The highest BCUT2D eigenvalue weighted by atomic mass is 32.1. The van der Waals surface area contributed by atoms with Crippen LogP contribution in [0.3, 0.4) is 0 Å². The molecule has 17 heavy (non-hydrogen) atoms. The van der Waals surface area contributed by atoms with E-state index >= 15 is 0 Å². The third-order valence-electron chi connectivity index (χ3n) is 2.88. The van der Waals surface area contributed by atoms with E-state index in [0.29, 0.717) is 0 Å². The highest BCUT2D eigenvalue weighted by Crippen LogP contribution is 2.32. The van der Waals surface area contributed by atoms with Crippen molar-refractivity contribution in [2.75, 3.05) is 19.7 Å². The first-order valence-corrected chi connectivity index (χ1v) is 6.59. The molecule has 0 aliphatic carbocycles. The van der Waals surface area contributed by atoms with Crippen LogP contribution in [0.2, 0.25) is 0 Å². The van der Waals surface area contributed by atoms with Gasteiger partial charge in [0.05, 0.1) is 22.9 Å². The minimum atomic E-state index is 0.157. The summed E-state index contributed by atoms with van der Waals surface area (Å²) in [6.45, 7) is 4.65. The van der Waals surface area contributed by atoms with Crippen molar-refractivity contribution in [1.82, 2.24) is 15.3 Å². The van der Waals surface area contributed by atoms with Crippen LogP contribution in [0.25, 0.3) is 10.7 Å². The lowest BCUT2D eigenvalue weighted by Crippen LogP contribution is -2.33. The molecule has 3 heterocycles. The van der Waals surface area contributed by atoms with Gasteiger partial charge >= 0.3 is 0 Å². The second kappa shape index (κ2) is 4.60. The molecule has 0 saturated carbocycles. The lowest BCUT2D eigenvalue weighted by Gasteiger charge is -2.22. The van der Waals surface area contributed by atoms with Crippen molar-refractivity contribution < 1.29 is 4.74 Å². The number of aromatic nitrogens is 2. The summed E-state index contributed by atoms with van der Waals surface area (Å²) in [5.74, 6) is 0. The van der Waals surface area contributed by atoms with Crippen molar-refractivity contribution in [2.45, 2.75) is 13.0 Å². The first kappa shape index (κ1) is 11.0. The van der Waals surface area contributed by atoms with Gasteiger partial charge in [0, 0.05) is 19.3 Å². The smallest absolute Gasteiger partial charge is 0.140 e. The molecule has 2 N–H and O–H groups in total. The van der Waals surface area contributed by atoms with E-state index in [1.165, 1.54) is 4.88 Å². The highest BCUT2D eigenvalue weighted by Gasteiger charge is 2.21. The number of rotatable bonds is 2. The molecule has 0 spiro atoms. The molecular weight excluding hydrogens is 234 g/mol. The van der Waals surface area contributed by atoms with E-state index in [1.807, 2.05) is 18.3 Å². The van der Waals surface area contributed by atoms with Crippen LogP contribution in [0.5, 0.6) is 0 Å². The quantitative estimate of drug-likeness (QED) is 0.857. The molecule has 0 aromatic carbocycles. The fraction of sp³-hybridized carbons (Fsp3) is 0.417. The average Bonchev–Trinajstić information content (AvgIpc) is 2.99. The standard InChI is InChI=1S/C12H15N3OS/c1-8-11(10-7-13-5-6-16-10)17-12(15-8)9-3-2-4-14-9/h2-4,10,13-14H,5-7H2,1H3. The Labute approximate surface area is 104 Å². The number of nitrogens with zero attached hydrogens (tertiary/aromatic N) is 1. The lowest BCUT2D eigenvalue weighted by atomic mass is 10.2. The van der Waals surface area contributed by atoms with Crippen LogP contribution >= 0.6 is 11.3 Å². The Morgan fingerprint density at radius 2 is 2.47 bits per heavy atom. The third-order valence-corrected chi connectivity index (χ3v) is 4.16. The second-order valence-corrected chi connectivity index (χ2v) is 5.15. The van der Waals surface area contributed by atoms with Crippen molar-refractivity contribution in [3.05, 3.63) is 28.9 Å². The molecule has 1 atom stereocenters. The van der Waals surface area contributed by atoms with Crippen molar-refractivity contribution in [1.29, 1.82) is 0 Å². The maximum atomic E-state index is 5.77. The Morgan fingerprint density at radius 3 is 3.18 bits per heavy atom. The van der Waals surface area contributed by atoms with Crippen LogP contribution < -0.4 is 5.32 Å². The van der Waals surface area contributed by atoms with Gasteiger partial charge in [0.2, 0.25) is 0 Å². The molecule has 90 valence electrons. The molecule has 2 aromatic heterocycles. The van der Waals surface area contributed by atoms with Gasteiger partial charge in [-0.3, -0.25) is 0 Å². The van der Waals surface area contributed by atoms with Gasteiger partial charge < -0.3 is 15.0 Å². The van der Waals surface area contributed by atoms with Gasteiger partial charge in [0.15, 0.2) is 0 Å². The Bertz CT molecular complexity index is 486. The molecule has 1 aliphatic heterocycles. The van der Waals surface area contributed by atoms with Crippen LogP contribution in [0.15, 0.2) is 18.3 Å². The van der Waals surface area contributed by atoms with Crippen LogP contribution in [0, 0.1) is 6.92 Å². The number of aryl methyl sites for hydroxylation is 1. The summed E-state index contributed by atoms with van der Waals surface area (Å²) in [5, 5.41) is 4.39. The predicted octanol–water partition coefficient (Wildman–Crippen LogP) is 2.11. The summed E-state index contributed by atoms with van der Waals surface area (Å²) in [6.07, 6.45) is 2.08. The zero-order chi connectivity index (χ0) is 11.7. The molecule has 4 nitrogen and oxygen atoms in total. The van der Waals surface area contributed by atoms with E-state index in [0.717, 1.165) is 36.1 Å². The number of hydrogen-bond donors (Lipinski definition) is 2. The van der Waals surface area contributed by atoms with Gasteiger partial charge in [-0.25, -0.2) is 4.98 Å². The first-order valence-electron chi connectivity index (χ1n) is 5.78. The van der Waals surface area contributed by atoms with Crippen molar-refractivity contribution in [2.24, 2.45) is 0 Å². The Hall–Kier alpha value is -1.17. The van der Waals surface area contributed by atoms with Crippen molar-refractivity contribution in [3.8, 4) is 10.7 Å². The molecule has 2 aromatic rings. The maximum absolute atomic E-state index is 5.77. The van der Waals surface area contributed by atoms with Crippen LogP contribution in [0.1, 0.15) is 16.7 Å². The Balaban J connectivity index is 1.90. The molecule has 1 unspecified atom stereocenters. The zero-order valence-corrected chi connectivity index (χ0v) is 10.5. The summed E-state index contributed by atoms with van der Waals surface area (Å²) < 4.78 is 5.77. The average molecular weight is 249 g/mol. The van der Waals surface area contributed by atoms with E-state index in [1.54, 1.807) is 11.3 Å². The number of aromatic amines is 1. The SMILES string of the molecule is Cc1nc(-c2ccc[nH]2)sc1C1CNCCO1. The van der Waals surface area contributed by atoms with Gasteiger partial charge in [0.1, 0.15) is 11.1 Å². The Kier molecular flexibility index (Phi) is 2.96. The highest BCUT2D eigenvalue weighted by molar-refractivity contribution is 7.15. The summed E-state index contributed by atoms with van der Waals surface area (Å²) >= 11 is 1.72. The van der Waals surface area contributed by atoms with Gasteiger partial charge in [-0.05, 0) is 19.1 Å². The van der Waals surface area contributed by atoms with Crippen LogP contribution in [0.4, 0.5) is 0 Å². The Morgan fingerprint density at radius 1 is 1.53 bits per heavy atom. The van der Waals surface area contributed by atoms with Gasteiger partial charge in [-0.2, -0.15) is 0 Å². The molecule has 5 heteroatoms. The molecule has 0 radical (unpaired) electrons. The number of morpholine rings is 1. The molecule has 3 rings (SSSR count). The number of thiazole rings is 1. The molecule has 1 saturated heterocycles. The maximum Gasteiger partial charge on any atom is 0.140 e. The van der Waals surface area contributed by atoms with Gasteiger partial charge in [-0.15, -0.1) is 11.3 Å². The summed E-state index contributed by atoms with van der Waals surface area (Å²) in [6, 6.07) is 4.03. The number of H-pyrrole nitrogens is 1. The normalized spacial score (nSPS) is 20.6. The lowest BCUT2D eigenvalue weighted by molar-refractivity contribution is 0.0295. The third kappa shape index (κ3) is 2.13. The summed E-state index contributed by atoms with van der Waals surface area (Å²) in [4.78, 5) is 9.03. The topological polar surface area (TPSA) is 49.9 Å². The van der Waals surface area contributed by atoms with Crippen LogP contribution in [-0.4, -0.2) is 29.7 Å². The minimum absolute atomic E-state index is 0.157. The van der Waals surface area contributed by atoms with Crippen LogP contribution in [-0.2, 0) is 4.74 Å². The van der Waals surface area contributed by atoms with E-state index in [2.05, 4.69) is 22.2 Å². The molecule has 0 amide bonds. The fourth-order valence-electron chi connectivity index (χ4n) is 2.02. The zero-order valence-electron chi connectivity index (χ0n) is 9.69. The predicted molar refractivity (Wildman–Crippen MR) is 68.2 cm³/mol. The second-order valence-electron chi connectivity index (χ2n) is 4.12. The van der Waals surface area contributed by atoms with E-state index < -0.39 is 0 Å². The first-order chi connectivity index (χ1) is 8.34. The van der Waals surface area contributed by atoms with Crippen molar-refractivity contribution in [3.63, 3.8) is 0 Å². The monoisotopic (exact) mass is 249 g/mol. The van der Waals surface area contributed by atoms with Gasteiger partial charge in [-0.1, -0.05) is 0 Å². The summed E-state index contributed by atoms with van der Waals surface area (Å²) in [7, 11) is 0. The van der Waals surface area contributed by atoms with E-state index in [9.17, 15) is 0 Å². The number of ether oxygens (including phenoxy) is 1. The number of hydrogen-bond acceptors (Lipinski definition) is 4. The summed E-state index contributed by atoms with van der Waals surface area (Å²) in [5.41, 5.74) is 2.15. The molecule has 1 aliphatic rings. The fourth-order valence-corrected chi connectivity index (χ4v) is 3.12. The largest absolute Gasteiger partial charge is 0.370 e. The van der Waals surface area contributed by atoms with E-state index in [4.69, 9.17) is 4.74 Å². The van der Waals surface area contributed by atoms with E-state index in [-0.39, 0.29) is 6.10 Å². The minimum Gasteiger partial charge on any atom is -0.370 e. The molecule has 1 fully saturated rings.